The molecular formula is C16H14IN3O3S2. The number of amides is 1. The van der Waals surface area contributed by atoms with Crippen LogP contribution >= 0.6 is 33.9 Å². The molecule has 0 fully saturated rings. The first-order valence-electron chi connectivity index (χ1n) is 7.18. The van der Waals surface area contributed by atoms with Gasteiger partial charge < -0.3 is 0 Å². The first kappa shape index (κ1) is 18.2. The normalized spacial score (nSPS) is 11.8. The van der Waals surface area contributed by atoms with Crippen molar-refractivity contribution in [1.82, 2.24) is 9.29 Å². The average molecular weight is 487 g/mol. The number of rotatable bonds is 4. The van der Waals surface area contributed by atoms with Gasteiger partial charge >= 0.3 is 0 Å². The third-order valence-corrected chi connectivity index (χ3v) is 7.16. The molecule has 0 saturated carbocycles. The summed E-state index contributed by atoms with van der Waals surface area (Å²) in [5.74, 6) is -0.245. The summed E-state index contributed by atoms with van der Waals surface area (Å²) in [4.78, 5) is 16.9. The van der Waals surface area contributed by atoms with Crippen LogP contribution in [-0.2, 0) is 10.0 Å². The second kappa shape index (κ2) is 6.98. The van der Waals surface area contributed by atoms with E-state index in [1.165, 1.54) is 31.5 Å². The Bertz CT molecular complexity index is 1060. The van der Waals surface area contributed by atoms with Crippen molar-refractivity contribution in [2.24, 2.45) is 0 Å². The van der Waals surface area contributed by atoms with Crippen molar-refractivity contribution in [3.63, 3.8) is 0 Å². The SMILES string of the molecule is CN(C)S(=O)(=O)c1ccc2nc(NC(=O)c3ccccc3I)sc2c1. The Balaban J connectivity index is 1.92. The van der Waals surface area contributed by atoms with Gasteiger partial charge in [-0.2, -0.15) is 0 Å². The zero-order valence-corrected chi connectivity index (χ0v) is 17.1. The van der Waals surface area contributed by atoms with Crippen LogP contribution in [0.3, 0.4) is 0 Å². The molecule has 1 aromatic heterocycles. The highest BCUT2D eigenvalue weighted by Crippen LogP contribution is 2.29. The van der Waals surface area contributed by atoms with Gasteiger partial charge in [0.15, 0.2) is 5.13 Å². The maximum absolute atomic E-state index is 12.4. The van der Waals surface area contributed by atoms with Crippen LogP contribution in [-0.4, -0.2) is 37.7 Å². The summed E-state index contributed by atoms with van der Waals surface area (Å²) in [7, 11) is -0.536. The van der Waals surface area contributed by atoms with Crippen molar-refractivity contribution in [3.8, 4) is 0 Å². The minimum atomic E-state index is -3.51. The lowest BCUT2D eigenvalue weighted by Gasteiger charge is -2.10. The summed E-state index contributed by atoms with van der Waals surface area (Å²) in [5, 5.41) is 3.20. The fourth-order valence-corrected chi connectivity index (χ4v) is 4.68. The summed E-state index contributed by atoms with van der Waals surface area (Å²) in [6.45, 7) is 0. The third-order valence-electron chi connectivity index (χ3n) is 3.48. The van der Waals surface area contributed by atoms with E-state index in [4.69, 9.17) is 0 Å². The van der Waals surface area contributed by atoms with Gasteiger partial charge in [0.1, 0.15) is 0 Å². The van der Waals surface area contributed by atoms with Gasteiger partial charge in [0, 0.05) is 17.7 Å². The van der Waals surface area contributed by atoms with Crippen LogP contribution in [0.5, 0.6) is 0 Å². The molecule has 1 heterocycles. The quantitative estimate of drug-likeness (QED) is 0.573. The van der Waals surface area contributed by atoms with Gasteiger partial charge in [0.25, 0.3) is 5.91 Å². The minimum Gasteiger partial charge on any atom is -0.298 e. The van der Waals surface area contributed by atoms with E-state index in [2.05, 4.69) is 32.9 Å². The largest absolute Gasteiger partial charge is 0.298 e. The van der Waals surface area contributed by atoms with Gasteiger partial charge in [-0.3, -0.25) is 10.1 Å². The molecule has 0 unspecified atom stereocenters. The molecule has 3 rings (SSSR count). The summed E-state index contributed by atoms with van der Waals surface area (Å²) in [5.41, 5.74) is 1.21. The topological polar surface area (TPSA) is 79.4 Å². The molecule has 2 aromatic carbocycles. The van der Waals surface area contributed by atoms with E-state index < -0.39 is 10.0 Å². The highest BCUT2D eigenvalue weighted by atomic mass is 127. The Kier molecular flexibility index (Phi) is 5.09. The smallest absolute Gasteiger partial charge is 0.258 e. The number of benzene rings is 2. The highest BCUT2D eigenvalue weighted by Gasteiger charge is 2.19. The molecule has 1 amide bonds. The third kappa shape index (κ3) is 3.68. The monoisotopic (exact) mass is 487 g/mol. The molecule has 0 aliphatic rings. The molecule has 0 aliphatic carbocycles. The molecule has 0 atom stereocenters. The number of carbonyl (C=O) groups excluding carboxylic acids is 1. The molecule has 1 N–H and O–H groups in total. The minimum absolute atomic E-state index is 0.198. The number of hydrogen-bond acceptors (Lipinski definition) is 5. The lowest BCUT2D eigenvalue weighted by Crippen LogP contribution is -2.22. The molecule has 6 nitrogen and oxygen atoms in total. The van der Waals surface area contributed by atoms with Crippen molar-refractivity contribution in [1.29, 1.82) is 0 Å². The number of nitrogens with zero attached hydrogens (tertiary/aromatic N) is 2. The van der Waals surface area contributed by atoms with Crippen LogP contribution in [0.2, 0.25) is 0 Å². The molecule has 0 bridgehead atoms. The van der Waals surface area contributed by atoms with Crippen LogP contribution in [0, 0.1) is 3.57 Å². The maximum atomic E-state index is 12.4. The van der Waals surface area contributed by atoms with Gasteiger partial charge in [-0.15, -0.1) is 0 Å². The lowest BCUT2D eigenvalue weighted by atomic mass is 10.2. The highest BCUT2D eigenvalue weighted by molar-refractivity contribution is 14.1. The van der Waals surface area contributed by atoms with Crippen LogP contribution in [0.15, 0.2) is 47.4 Å². The number of nitrogens with one attached hydrogen (secondary N) is 1. The number of fused-ring (bicyclic) bond motifs is 1. The average Bonchev–Trinajstić information content (AvgIpc) is 2.96. The summed E-state index contributed by atoms with van der Waals surface area (Å²) in [6, 6.07) is 12.0. The van der Waals surface area contributed by atoms with E-state index in [1.807, 2.05) is 12.1 Å². The summed E-state index contributed by atoms with van der Waals surface area (Å²) in [6.07, 6.45) is 0. The van der Waals surface area contributed by atoms with E-state index in [1.54, 1.807) is 24.3 Å². The van der Waals surface area contributed by atoms with E-state index in [9.17, 15) is 13.2 Å². The Labute approximate surface area is 163 Å². The van der Waals surface area contributed by atoms with Crippen molar-refractivity contribution in [3.05, 3.63) is 51.6 Å². The van der Waals surface area contributed by atoms with Crippen molar-refractivity contribution in [2.75, 3.05) is 19.4 Å². The zero-order valence-electron chi connectivity index (χ0n) is 13.4. The number of halogens is 1. The maximum Gasteiger partial charge on any atom is 0.258 e. The predicted molar refractivity (Wildman–Crippen MR) is 108 cm³/mol. The molecule has 25 heavy (non-hydrogen) atoms. The Morgan fingerprint density at radius 2 is 1.92 bits per heavy atom. The number of aromatic nitrogens is 1. The summed E-state index contributed by atoms with van der Waals surface area (Å²) < 4.78 is 27.1. The molecule has 0 saturated heterocycles. The van der Waals surface area contributed by atoms with E-state index in [0.29, 0.717) is 20.9 Å². The number of anilines is 1. The van der Waals surface area contributed by atoms with Crippen LogP contribution < -0.4 is 5.32 Å². The standard InChI is InChI=1S/C16H14IN3O3S2/c1-20(2)25(22,23)10-7-8-13-14(9-10)24-16(18-13)19-15(21)11-5-3-4-6-12(11)17/h3-9H,1-2H3,(H,18,19,21). The molecule has 0 aliphatic heterocycles. The summed E-state index contributed by atoms with van der Waals surface area (Å²) >= 11 is 3.34. The van der Waals surface area contributed by atoms with Crippen LogP contribution in [0.4, 0.5) is 5.13 Å². The number of carbonyl (C=O) groups is 1. The molecular weight excluding hydrogens is 473 g/mol. The Morgan fingerprint density at radius 1 is 1.20 bits per heavy atom. The van der Waals surface area contributed by atoms with E-state index in [0.717, 1.165) is 7.88 Å². The van der Waals surface area contributed by atoms with E-state index >= 15 is 0 Å². The first-order chi connectivity index (χ1) is 11.8. The number of hydrogen-bond donors (Lipinski definition) is 1. The van der Waals surface area contributed by atoms with Gasteiger partial charge in [-0.25, -0.2) is 17.7 Å². The van der Waals surface area contributed by atoms with Crippen molar-refractivity contribution in [2.45, 2.75) is 4.90 Å². The van der Waals surface area contributed by atoms with Gasteiger partial charge in [-0.05, 0) is 52.9 Å². The second-order valence-corrected chi connectivity index (χ2v) is 9.71. The van der Waals surface area contributed by atoms with Crippen LogP contribution in [0.25, 0.3) is 10.2 Å². The molecule has 130 valence electrons. The van der Waals surface area contributed by atoms with Gasteiger partial charge in [0.2, 0.25) is 10.0 Å². The van der Waals surface area contributed by atoms with Crippen molar-refractivity contribution >= 4 is 65.2 Å². The predicted octanol–water partition coefficient (Wildman–Crippen LogP) is 3.40. The van der Waals surface area contributed by atoms with Crippen molar-refractivity contribution < 1.29 is 13.2 Å². The van der Waals surface area contributed by atoms with Crippen LogP contribution in [0.1, 0.15) is 10.4 Å². The number of sulfonamides is 1. The molecule has 0 spiro atoms. The molecule has 9 heteroatoms. The zero-order chi connectivity index (χ0) is 18.2. The number of thiazole rings is 1. The first-order valence-corrected chi connectivity index (χ1v) is 10.5. The van der Waals surface area contributed by atoms with Gasteiger partial charge in [0.05, 0.1) is 20.7 Å². The Morgan fingerprint density at radius 3 is 2.60 bits per heavy atom. The van der Waals surface area contributed by atoms with E-state index in [-0.39, 0.29) is 10.8 Å². The fraction of sp³-hybridized carbons (Fsp3) is 0.125. The fourth-order valence-electron chi connectivity index (χ4n) is 2.14. The lowest BCUT2D eigenvalue weighted by molar-refractivity contribution is 0.102. The van der Waals surface area contributed by atoms with Gasteiger partial charge in [-0.1, -0.05) is 23.5 Å². The molecule has 0 radical (unpaired) electrons. The molecule has 3 aromatic rings. The Hall–Kier alpha value is -1.56. The second-order valence-electron chi connectivity index (χ2n) is 5.37.